The Hall–Kier alpha value is -4.24. The largest absolute Gasteiger partial charge is 0.493 e. The summed E-state index contributed by atoms with van der Waals surface area (Å²) in [6, 6.07) is 10.9. The van der Waals surface area contributed by atoms with Gasteiger partial charge in [-0.05, 0) is 61.2 Å². The van der Waals surface area contributed by atoms with E-state index in [-0.39, 0.29) is 23.3 Å². The molecule has 0 saturated carbocycles. The predicted octanol–water partition coefficient (Wildman–Crippen LogP) is 5.09. The number of methoxy groups -OCH3 is 1. The van der Waals surface area contributed by atoms with Crippen molar-refractivity contribution in [1.29, 1.82) is 0 Å². The predicted molar refractivity (Wildman–Crippen MR) is 148 cm³/mol. The van der Waals surface area contributed by atoms with Crippen LogP contribution >= 0.6 is 11.6 Å². The number of nitrogen functional groups attached to an aromatic ring is 1. The van der Waals surface area contributed by atoms with Crippen LogP contribution in [0, 0.1) is 6.92 Å². The summed E-state index contributed by atoms with van der Waals surface area (Å²) < 4.78 is 13.6. The maximum atomic E-state index is 13.0. The number of hydrogen-bond donors (Lipinski definition) is 2. The number of aryl methyl sites for hydroxylation is 1. The van der Waals surface area contributed by atoms with Gasteiger partial charge in [0.2, 0.25) is 5.91 Å². The molecule has 4 aromatic rings. The molecule has 1 fully saturated rings. The minimum absolute atomic E-state index is 0.109. The first-order valence-electron chi connectivity index (χ1n) is 12.2. The van der Waals surface area contributed by atoms with Crippen molar-refractivity contribution < 1.29 is 14.3 Å². The van der Waals surface area contributed by atoms with E-state index in [2.05, 4.69) is 16.8 Å². The van der Waals surface area contributed by atoms with Crippen LogP contribution in [0.2, 0.25) is 5.02 Å². The number of rotatable bonds is 6. The average Bonchev–Trinajstić information content (AvgIpc) is 3.35. The first-order chi connectivity index (χ1) is 18.3. The van der Waals surface area contributed by atoms with E-state index in [1.54, 1.807) is 24.1 Å². The second-order valence-electron chi connectivity index (χ2n) is 9.27. The molecule has 38 heavy (non-hydrogen) atoms. The molecule has 5 rings (SSSR count). The highest BCUT2D eigenvalue weighted by atomic mass is 35.5. The number of nitrogens with one attached hydrogen (secondary N) is 1. The molecule has 1 aliphatic heterocycles. The summed E-state index contributed by atoms with van der Waals surface area (Å²) in [5.74, 6) is 1.67. The third kappa shape index (κ3) is 4.61. The first kappa shape index (κ1) is 25.4. The number of H-pyrrole nitrogens is 1. The van der Waals surface area contributed by atoms with Crippen molar-refractivity contribution in [1.82, 2.24) is 19.7 Å². The lowest BCUT2D eigenvalue weighted by Gasteiger charge is -2.33. The molecule has 10 heteroatoms. The second kappa shape index (κ2) is 10.3. The molecular weight excluding hydrogens is 506 g/mol. The van der Waals surface area contributed by atoms with Crippen LogP contribution in [0.15, 0.2) is 60.0 Å². The number of aromatic nitrogens is 3. The van der Waals surface area contributed by atoms with Gasteiger partial charge in [-0.1, -0.05) is 30.3 Å². The van der Waals surface area contributed by atoms with Crippen LogP contribution in [0.5, 0.6) is 17.2 Å². The van der Waals surface area contributed by atoms with Gasteiger partial charge in [0.1, 0.15) is 11.3 Å². The van der Waals surface area contributed by atoms with Crippen molar-refractivity contribution in [2.24, 2.45) is 0 Å². The Bertz CT molecular complexity index is 1610. The Labute approximate surface area is 224 Å². The normalized spacial score (nSPS) is 15.4. The summed E-state index contributed by atoms with van der Waals surface area (Å²) in [6.07, 6.45) is 4.83. The number of benzene rings is 2. The highest BCUT2D eigenvalue weighted by Crippen LogP contribution is 2.40. The number of fused-ring (bicyclic) bond motifs is 1. The van der Waals surface area contributed by atoms with E-state index in [1.165, 1.54) is 6.08 Å². The van der Waals surface area contributed by atoms with Gasteiger partial charge in [0.05, 0.1) is 18.5 Å². The van der Waals surface area contributed by atoms with Crippen LogP contribution in [-0.4, -0.2) is 45.8 Å². The lowest BCUT2D eigenvalue weighted by molar-refractivity contribution is -0.127. The van der Waals surface area contributed by atoms with Crippen molar-refractivity contribution in [3.63, 3.8) is 0 Å². The Balaban J connectivity index is 1.58. The molecular formula is C28H28ClN5O4. The molecule has 0 bridgehead atoms. The third-order valence-corrected chi connectivity index (χ3v) is 7.31. The highest BCUT2D eigenvalue weighted by Gasteiger charge is 2.27. The van der Waals surface area contributed by atoms with Crippen LogP contribution in [0.4, 0.5) is 5.82 Å². The molecule has 1 atom stereocenters. The van der Waals surface area contributed by atoms with Crippen LogP contribution in [0.3, 0.4) is 0 Å². The molecule has 2 aromatic heterocycles. The minimum atomic E-state index is -0.351. The molecule has 0 spiro atoms. The zero-order valence-electron chi connectivity index (χ0n) is 21.2. The van der Waals surface area contributed by atoms with Gasteiger partial charge in [-0.25, -0.2) is 5.10 Å². The summed E-state index contributed by atoms with van der Waals surface area (Å²) in [6.45, 7) is 6.64. The van der Waals surface area contributed by atoms with Crippen LogP contribution in [0.25, 0.3) is 22.0 Å². The second-order valence-corrected chi connectivity index (χ2v) is 9.68. The van der Waals surface area contributed by atoms with Gasteiger partial charge >= 0.3 is 0 Å². The van der Waals surface area contributed by atoms with Gasteiger partial charge in [0, 0.05) is 29.9 Å². The van der Waals surface area contributed by atoms with E-state index in [1.807, 2.05) is 42.0 Å². The number of carbonyl (C=O) groups excluding carboxylic acids is 1. The number of anilines is 1. The van der Waals surface area contributed by atoms with Gasteiger partial charge in [-0.15, -0.1) is 0 Å². The Morgan fingerprint density at radius 1 is 1.26 bits per heavy atom. The monoisotopic (exact) mass is 533 g/mol. The smallest absolute Gasteiger partial charge is 0.288 e. The van der Waals surface area contributed by atoms with Crippen LogP contribution in [0.1, 0.15) is 24.4 Å². The summed E-state index contributed by atoms with van der Waals surface area (Å²) in [7, 11) is 1.56. The number of hydrogen-bond acceptors (Lipinski definition) is 6. The van der Waals surface area contributed by atoms with Crippen LogP contribution in [-0.2, 0) is 4.79 Å². The van der Waals surface area contributed by atoms with E-state index in [0.29, 0.717) is 46.3 Å². The average molecular weight is 534 g/mol. The molecule has 0 radical (unpaired) electrons. The summed E-state index contributed by atoms with van der Waals surface area (Å²) in [4.78, 5) is 27.0. The lowest BCUT2D eigenvalue weighted by atomic mass is 10.0. The van der Waals surface area contributed by atoms with Crippen molar-refractivity contribution in [3.8, 4) is 28.4 Å². The van der Waals surface area contributed by atoms with Crippen LogP contribution < -0.4 is 20.8 Å². The molecule has 1 amide bonds. The third-order valence-electron chi connectivity index (χ3n) is 6.90. The number of halogens is 1. The van der Waals surface area contributed by atoms with Gasteiger partial charge in [0.25, 0.3) is 5.56 Å². The van der Waals surface area contributed by atoms with Gasteiger partial charge in [-0.3, -0.25) is 9.59 Å². The fraction of sp³-hybridized carbons (Fsp3) is 0.250. The molecule has 1 saturated heterocycles. The molecule has 0 unspecified atom stereocenters. The number of aromatic amines is 1. The summed E-state index contributed by atoms with van der Waals surface area (Å²) in [5, 5.41) is 7.67. The zero-order chi connectivity index (χ0) is 27.0. The SMILES string of the molecule is C=CC(=O)N1CCC[C@@H](n2cc(-c3ccc(Oc4ccc(C)c(Cl)c4)c(OC)c3)c3c(N)n[nH]c(=O)c32)C1. The van der Waals surface area contributed by atoms with Gasteiger partial charge < -0.3 is 24.7 Å². The fourth-order valence-corrected chi connectivity index (χ4v) is 5.11. The van der Waals surface area contributed by atoms with Gasteiger partial charge in [-0.2, -0.15) is 5.10 Å². The zero-order valence-corrected chi connectivity index (χ0v) is 21.9. The molecule has 0 aliphatic carbocycles. The molecule has 2 aromatic carbocycles. The highest BCUT2D eigenvalue weighted by molar-refractivity contribution is 6.31. The minimum Gasteiger partial charge on any atom is -0.493 e. The Kier molecular flexibility index (Phi) is 6.86. The van der Waals surface area contributed by atoms with Crippen molar-refractivity contribution >= 4 is 34.2 Å². The van der Waals surface area contributed by atoms with E-state index in [9.17, 15) is 9.59 Å². The van der Waals surface area contributed by atoms with Crippen molar-refractivity contribution in [3.05, 3.63) is 76.2 Å². The van der Waals surface area contributed by atoms with Gasteiger partial charge in [0.15, 0.2) is 17.3 Å². The van der Waals surface area contributed by atoms with E-state index in [0.717, 1.165) is 29.5 Å². The number of likely N-dealkylation sites (tertiary alicyclic amines) is 1. The number of nitrogens with two attached hydrogens (primary N) is 1. The Morgan fingerprint density at radius 2 is 2.08 bits per heavy atom. The van der Waals surface area contributed by atoms with Crippen molar-refractivity contribution in [2.45, 2.75) is 25.8 Å². The fourth-order valence-electron chi connectivity index (χ4n) is 4.94. The summed E-state index contributed by atoms with van der Waals surface area (Å²) >= 11 is 6.26. The molecule has 3 heterocycles. The summed E-state index contributed by atoms with van der Waals surface area (Å²) in [5.41, 5.74) is 8.81. The standard InChI is InChI=1S/C28H28ClN5O4/c1-4-24(35)33-11-5-6-18(14-33)34-15-20(25-26(34)28(36)32-31-27(25)30)17-8-10-22(23(12-17)37-3)38-19-9-7-16(2)21(29)13-19/h4,7-10,12-13,15,18H,1,5-6,11,14H2,2-3H3,(H2,30,31)(H,32,36)/t18-/m1/s1. The molecule has 3 N–H and O–H groups in total. The number of amides is 1. The number of carbonyl (C=O) groups is 1. The molecule has 9 nitrogen and oxygen atoms in total. The molecule has 196 valence electrons. The van der Waals surface area contributed by atoms with E-state index < -0.39 is 0 Å². The van der Waals surface area contributed by atoms with Crippen molar-refractivity contribution in [2.75, 3.05) is 25.9 Å². The number of piperidine rings is 1. The maximum Gasteiger partial charge on any atom is 0.288 e. The van der Waals surface area contributed by atoms with E-state index in [4.69, 9.17) is 26.8 Å². The maximum absolute atomic E-state index is 13.0. The number of nitrogens with zero attached hydrogens (tertiary/aromatic N) is 3. The number of ether oxygens (including phenoxy) is 2. The van der Waals surface area contributed by atoms with E-state index >= 15 is 0 Å². The quantitative estimate of drug-likeness (QED) is 0.334. The first-order valence-corrected chi connectivity index (χ1v) is 12.6. The lowest BCUT2D eigenvalue weighted by Crippen LogP contribution is -2.40. The topological polar surface area (TPSA) is 115 Å². The molecule has 1 aliphatic rings. The Morgan fingerprint density at radius 3 is 2.82 bits per heavy atom.